The summed E-state index contributed by atoms with van der Waals surface area (Å²) in [6, 6.07) is 0. The molecular formula is C9H11NO3. The predicted octanol–water partition coefficient (Wildman–Crippen LogP) is 0.998. The molecule has 0 saturated heterocycles. The average molecular weight is 181 g/mol. The van der Waals surface area contributed by atoms with E-state index >= 15 is 0 Å². The first kappa shape index (κ1) is 11.3. The third-order valence-electron chi connectivity index (χ3n) is 1.09. The first-order valence-corrected chi connectivity index (χ1v) is 3.80. The topological polar surface area (TPSA) is 55.7 Å². The number of ether oxygens (including phenoxy) is 1. The van der Waals surface area contributed by atoms with E-state index in [2.05, 4.69) is 11.6 Å². The van der Waals surface area contributed by atoms with E-state index in [-0.39, 0.29) is 6.61 Å². The van der Waals surface area contributed by atoms with Crippen LogP contribution >= 0.6 is 0 Å². The number of carbonyl (C=O) groups excluding carboxylic acids is 2. The summed E-state index contributed by atoms with van der Waals surface area (Å²) >= 11 is 0. The minimum absolute atomic E-state index is 0.255. The SMILES string of the molecule is C=C/C=C/C(=O)OCCCN=C=O. The van der Waals surface area contributed by atoms with E-state index < -0.39 is 5.97 Å². The summed E-state index contributed by atoms with van der Waals surface area (Å²) in [4.78, 5) is 23.7. The van der Waals surface area contributed by atoms with Gasteiger partial charge in [0, 0.05) is 12.5 Å². The molecule has 0 aliphatic heterocycles. The van der Waals surface area contributed by atoms with Crippen molar-refractivity contribution in [2.45, 2.75) is 6.42 Å². The Morgan fingerprint density at radius 3 is 3.00 bits per heavy atom. The number of nitrogens with zero attached hydrogens (tertiary/aromatic N) is 1. The molecule has 0 unspecified atom stereocenters. The van der Waals surface area contributed by atoms with Crippen LogP contribution < -0.4 is 0 Å². The van der Waals surface area contributed by atoms with Crippen LogP contribution in [0.15, 0.2) is 29.8 Å². The second-order valence-corrected chi connectivity index (χ2v) is 2.09. The summed E-state index contributed by atoms with van der Waals surface area (Å²) in [6.45, 7) is 3.99. The van der Waals surface area contributed by atoms with Crippen molar-refractivity contribution < 1.29 is 14.3 Å². The Labute approximate surface area is 76.6 Å². The van der Waals surface area contributed by atoms with Crippen molar-refractivity contribution in [3.63, 3.8) is 0 Å². The second-order valence-electron chi connectivity index (χ2n) is 2.09. The highest BCUT2D eigenvalue weighted by Crippen LogP contribution is 1.86. The molecule has 0 aliphatic rings. The Bertz CT molecular complexity index is 239. The molecule has 0 saturated carbocycles. The maximum absolute atomic E-state index is 10.8. The van der Waals surface area contributed by atoms with Crippen molar-refractivity contribution in [1.82, 2.24) is 0 Å². The van der Waals surface area contributed by atoms with Crippen LogP contribution in [-0.2, 0) is 14.3 Å². The summed E-state index contributed by atoms with van der Waals surface area (Å²) < 4.78 is 4.73. The highest BCUT2D eigenvalue weighted by molar-refractivity contribution is 5.82. The first-order chi connectivity index (χ1) is 6.31. The molecule has 0 atom stereocenters. The summed E-state index contributed by atoms with van der Waals surface area (Å²) in [7, 11) is 0. The lowest BCUT2D eigenvalue weighted by atomic mass is 10.4. The monoisotopic (exact) mass is 181 g/mol. The van der Waals surface area contributed by atoms with Crippen LogP contribution in [0.3, 0.4) is 0 Å². The van der Waals surface area contributed by atoms with Crippen molar-refractivity contribution in [2.75, 3.05) is 13.2 Å². The molecule has 0 aromatic heterocycles. The number of isocyanates is 1. The number of hydrogen-bond donors (Lipinski definition) is 0. The first-order valence-electron chi connectivity index (χ1n) is 3.80. The lowest BCUT2D eigenvalue weighted by molar-refractivity contribution is -0.137. The second kappa shape index (κ2) is 8.43. The molecule has 0 spiro atoms. The van der Waals surface area contributed by atoms with E-state index in [1.54, 1.807) is 0 Å². The Hall–Kier alpha value is -1.67. The normalized spacial score (nSPS) is 9.23. The van der Waals surface area contributed by atoms with Crippen molar-refractivity contribution in [3.05, 3.63) is 24.8 Å². The number of rotatable bonds is 6. The van der Waals surface area contributed by atoms with Gasteiger partial charge in [-0.25, -0.2) is 14.6 Å². The number of allylic oxidation sites excluding steroid dienone is 2. The summed E-state index contributed by atoms with van der Waals surface area (Å²) in [6.07, 6.45) is 6.18. The van der Waals surface area contributed by atoms with E-state index in [0.717, 1.165) is 0 Å². The van der Waals surface area contributed by atoms with E-state index in [1.165, 1.54) is 24.3 Å². The van der Waals surface area contributed by atoms with Gasteiger partial charge < -0.3 is 4.74 Å². The number of carbonyl (C=O) groups is 1. The van der Waals surface area contributed by atoms with Gasteiger partial charge in [-0.2, -0.15) is 0 Å². The van der Waals surface area contributed by atoms with Gasteiger partial charge >= 0.3 is 5.97 Å². The van der Waals surface area contributed by atoms with E-state index in [1.807, 2.05) is 0 Å². The zero-order chi connectivity index (χ0) is 9.94. The highest BCUT2D eigenvalue weighted by atomic mass is 16.5. The van der Waals surface area contributed by atoms with E-state index in [4.69, 9.17) is 4.74 Å². The van der Waals surface area contributed by atoms with Crippen molar-refractivity contribution in [1.29, 1.82) is 0 Å². The molecule has 4 heteroatoms. The van der Waals surface area contributed by atoms with Crippen LogP contribution in [0.5, 0.6) is 0 Å². The van der Waals surface area contributed by atoms with Crippen LogP contribution in [0.2, 0.25) is 0 Å². The molecule has 0 aromatic rings. The van der Waals surface area contributed by atoms with Crippen molar-refractivity contribution >= 4 is 12.0 Å². The quantitative estimate of drug-likeness (QED) is 0.153. The minimum Gasteiger partial charge on any atom is -0.462 e. The molecule has 70 valence electrons. The fourth-order valence-electron chi connectivity index (χ4n) is 0.557. The third kappa shape index (κ3) is 8.23. The van der Waals surface area contributed by atoms with Gasteiger partial charge in [-0.05, 0) is 0 Å². The van der Waals surface area contributed by atoms with Gasteiger partial charge in [0.15, 0.2) is 0 Å². The Kier molecular flexibility index (Phi) is 7.34. The van der Waals surface area contributed by atoms with Crippen molar-refractivity contribution in [3.8, 4) is 0 Å². The summed E-state index contributed by atoms with van der Waals surface area (Å²) in [5.41, 5.74) is 0. The van der Waals surface area contributed by atoms with Crippen LogP contribution in [0.1, 0.15) is 6.42 Å². The number of hydrogen-bond acceptors (Lipinski definition) is 4. The standard InChI is InChI=1S/C9H11NO3/c1-2-3-5-9(12)13-7-4-6-10-8-11/h2-3,5H,1,4,6-7H2/b5-3+. The molecule has 13 heavy (non-hydrogen) atoms. The Morgan fingerprint density at radius 1 is 1.62 bits per heavy atom. The van der Waals surface area contributed by atoms with Crippen molar-refractivity contribution in [2.24, 2.45) is 4.99 Å². The molecule has 0 fully saturated rings. The molecule has 0 N–H and O–H groups in total. The minimum atomic E-state index is -0.421. The molecule has 0 rings (SSSR count). The van der Waals surface area contributed by atoms with Crippen LogP contribution in [-0.4, -0.2) is 25.2 Å². The zero-order valence-corrected chi connectivity index (χ0v) is 7.23. The average Bonchev–Trinajstić information content (AvgIpc) is 2.14. The van der Waals surface area contributed by atoms with Gasteiger partial charge in [0.1, 0.15) is 0 Å². The molecular weight excluding hydrogens is 170 g/mol. The summed E-state index contributed by atoms with van der Waals surface area (Å²) in [5, 5.41) is 0. The fourth-order valence-corrected chi connectivity index (χ4v) is 0.557. The van der Waals surface area contributed by atoms with E-state index in [9.17, 15) is 9.59 Å². The molecule has 0 aromatic carbocycles. The zero-order valence-electron chi connectivity index (χ0n) is 7.23. The maximum Gasteiger partial charge on any atom is 0.330 e. The molecule has 0 radical (unpaired) electrons. The number of esters is 1. The lowest BCUT2D eigenvalue weighted by Crippen LogP contribution is -2.03. The van der Waals surface area contributed by atoms with Gasteiger partial charge in [-0.15, -0.1) is 0 Å². The molecule has 0 bridgehead atoms. The van der Waals surface area contributed by atoms with E-state index in [0.29, 0.717) is 13.0 Å². The third-order valence-corrected chi connectivity index (χ3v) is 1.09. The van der Waals surface area contributed by atoms with Crippen LogP contribution in [0, 0.1) is 0 Å². The molecule has 4 nitrogen and oxygen atoms in total. The summed E-state index contributed by atoms with van der Waals surface area (Å²) in [5.74, 6) is -0.421. The molecule has 0 heterocycles. The van der Waals surface area contributed by atoms with Gasteiger partial charge in [-0.1, -0.05) is 18.7 Å². The van der Waals surface area contributed by atoms with Crippen LogP contribution in [0.4, 0.5) is 0 Å². The van der Waals surface area contributed by atoms with Gasteiger partial charge in [-0.3, -0.25) is 0 Å². The maximum atomic E-state index is 10.8. The van der Waals surface area contributed by atoms with Crippen LogP contribution in [0.25, 0.3) is 0 Å². The number of aliphatic imine (C=N–C) groups is 1. The fraction of sp³-hybridized carbons (Fsp3) is 0.333. The predicted molar refractivity (Wildman–Crippen MR) is 47.9 cm³/mol. The molecule has 0 aliphatic carbocycles. The van der Waals surface area contributed by atoms with Gasteiger partial charge in [0.05, 0.1) is 13.2 Å². The Balaban J connectivity index is 3.42. The largest absolute Gasteiger partial charge is 0.462 e. The molecule has 0 amide bonds. The lowest BCUT2D eigenvalue weighted by Gasteiger charge is -1.97. The highest BCUT2D eigenvalue weighted by Gasteiger charge is 1.94. The van der Waals surface area contributed by atoms with Gasteiger partial charge in [0.25, 0.3) is 0 Å². The smallest absolute Gasteiger partial charge is 0.330 e. The Morgan fingerprint density at radius 2 is 2.38 bits per heavy atom. The van der Waals surface area contributed by atoms with Gasteiger partial charge in [0.2, 0.25) is 6.08 Å².